The predicted octanol–water partition coefficient (Wildman–Crippen LogP) is 2.88. The van der Waals surface area contributed by atoms with Gasteiger partial charge in [0.2, 0.25) is 16.7 Å². The highest BCUT2D eigenvalue weighted by atomic mass is 32.2. The van der Waals surface area contributed by atoms with Crippen molar-refractivity contribution in [1.29, 1.82) is 0 Å². The van der Waals surface area contributed by atoms with Gasteiger partial charge in [-0.2, -0.15) is 5.01 Å². The first-order valence-corrected chi connectivity index (χ1v) is 11.0. The highest BCUT2D eigenvalue weighted by Crippen LogP contribution is 2.55. The molecule has 0 saturated heterocycles. The van der Waals surface area contributed by atoms with Crippen LogP contribution in [-0.4, -0.2) is 41.0 Å². The third kappa shape index (κ3) is 3.52. The minimum atomic E-state index is -1.40. The highest BCUT2D eigenvalue weighted by molar-refractivity contribution is 8.15. The Morgan fingerprint density at radius 1 is 1.12 bits per heavy atom. The van der Waals surface area contributed by atoms with E-state index >= 15 is 0 Å². The van der Waals surface area contributed by atoms with Crippen molar-refractivity contribution in [3.05, 3.63) is 59.2 Å². The van der Waals surface area contributed by atoms with Crippen LogP contribution < -0.4 is 15.0 Å². The molecule has 166 valence electrons. The first kappa shape index (κ1) is 21.9. The van der Waals surface area contributed by atoms with E-state index in [2.05, 4.69) is 10.4 Å². The van der Waals surface area contributed by atoms with Crippen molar-refractivity contribution in [2.75, 3.05) is 18.1 Å². The maximum atomic E-state index is 13.9. The van der Waals surface area contributed by atoms with Gasteiger partial charge in [-0.15, -0.1) is 5.10 Å². The number of nitrogens with zero attached hydrogens (tertiary/aromatic N) is 3. The first-order valence-electron chi connectivity index (χ1n) is 10.2. The Labute approximate surface area is 190 Å². The summed E-state index contributed by atoms with van der Waals surface area (Å²) >= 11 is 1.08. The SMILES string of the molecule is CC(=O)NC1=NN(C(C)=O)[C@]2(S1)C(=O)N(CCOc1ccccc1)c1c2ccc(C)c1C. The van der Waals surface area contributed by atoms with E-state index in [0.29, 0.717) is 17.9 Å². The molecule has 8 nitrogen and oxygen atoms in total. The average Bonchev–Trinajstić information content (AvgIpc) is 3.23. The van der Waals surface area contributed by atoms with Crippen LogP contribution in [0.4, 0.5) is 5.69 Å². The lowest BCUT2D eigenvalue weighted by Crippen LogP contribution is -2.49. The number of benzene rings is 2. The monoisotopic (exact) mass is 452 g/mol. The van der Waals surface area contributed by atoms with Crippen LogP contribution in [-0.2, 0) is 19.3 Å². The van der Waals surface area contributed by atoms with Gasteiger partial charge in [0.25, 0.3) is 5.91 Å². The third-order valence-electron chi connectivity index (χ3n) is 5.51. The second kappa shape index (κ2) is 8.31. The molecular formula is C23H24N4O4S. The van der Waals surface area contributed by atoms with Gasteiger partial charge >= 0.3 is 0 Å². The number of carbonyl (C=O) groups excluding carboxylic acids is 3. The maximum absolute atomic E-state index is 13.9. The molecule has 0 radical (unpaired) electrons. The quantitative estimate of drug-likeness (QED) is 0.770. The molecule has 0 saturated carbocycles. The lowest BCUT2D eigenvalue weighted by molar-refractivity contribution is -0.139. The van der Waals surface area contributed by atoms with Gasteiger partial charge in [0.05, 0.1) is 12.2 Å². The number of nitrogens with one attached hydrogen (secondary N) is 1. The molecule has 2 aromatic rings. The average molecular weight is 453 g/mol. The van der Waals surface area contributed by atoms with E-state index < -0.39 is 10.8 Å². The molecule has 0 unspecified atom stereocenters. The fourth-order valence-electron chi connectivity index (χ4n) is 3.97. The van der Waals surface area contributed by atoms with Crippen molar-refractivity contribution in [3.8, 4) is 5.75 Å². The molecule has 32 heavy (non-hydrogen) atoms. The molecule has 0 bridgehead atoms. The van der Waals surface area contributed by atoms with Crippen LogP contribution in [0.3, 0.4) is 0 Å². The topological polar surface area (TPSA) is 91.3 Å². The van der Waals surface area contributed by atoms with Gasteiger partial charge in [-0.3, -0.25) is 14.4 Å². The number of fused-ring (bicyclic) bond motifs is 2. The van der Waals surface area contributed by atoms with Gasteiger partial charge in [0.15, 0.2) is 5.17 Å². The second-order valence-electron chi connectivity index (χ2n) is 7.69. The van der Waals surface area contributed by atoms with Crippen LogP contribution in [0.25, 0.3) is 0 Å². The number of amides is 3. The smallest absolute Gasteiger partial charge is 0.270 e. The molecular weight excluding hydrogens is 428 g/mol. The Morgan fingerprint density at radius 3 is 2.50 bits per heavy atom. The Bertz CT molecular complexity index is 1130. The minimum absolute atomic E-state index is 0.215. The number of hydrazone groups is 1. The van der Waals surface area contributed by atoms with Crippen molar-refractivity contribution in [2.45, 2.75) is 32.6 Å². The molecule has 9 heteroatoms. The Morgan fingerprint density at radius 2 is 1.84 bits per heavy atom. The standard InChI is InChI=1S/C23H24N4O4S/c1-14-10-11-19-20(15(14)2)26(12-13-31-18-8-6-5-7-9-18)21(30)23(19)27(17(4)29)25-22(32-23)24-16(3)28/h5-11H,12-13H2,1-4H3,(H,24,25,28)/t23-/m1/s1. The summed E-state index contributed by atoms with van der Waals surface area (Å²) in [6.45, 7) is 7.23. The highest BCUT2D eigenvalue weighted by Gasteiger charge is 2.61. The molecule has 4 rings (SSSR count). The van der Waals surface area contributed by atoms with E-state index in [1.165, 1.54) is 18.9 Å². The van der Waals surface area contributed by atoms with Gasteiger partial charge in [0, 0.05) is 19.4 Å². The normalized spacial score (nSPS) is 19.2. The van der Waals surface area contributed by atoms with Gasteiger partial charge in [-0.25, -0.2) is 0 Å². The van der Waals surface area contributed by atoms with Crippen molar-refractivity contribution in [3.63, 3.8) is 0 Å². The van der Waals surface area contributed by atoms with Gasteiger partial charge < -0.3 is 15.0 Å². The number of hydrogen-bond donors (Lipinski definition) is 1. The van der Waals surface area contributed by atoms with E-state index in [4.69, 9.17) is 4.74 Å². The number of carbonyl (C=O) groups is 3. The van der Waals surface area contributed by atoms with Crippen LogP contribution in [0.2, 0.25) is 0 Å². The zero-order valence-electron chi connectivity index (χ0n) is 18.3. The summed E-state index contributed by atoms with van der Waals surface area (Å²) in [5.74, 6) is -0.289. The summed E-state index contributed by atoms with van der Waals surface area (Å²) in [5, 5.41) is 8.29. The van der Waals surface area contributed by atoms with E-state index in [1.807, 2.05) is 56.3 Å². The van der Waals surface area contributed by atoms with E-state index in [9.17, 15) is 14.4 Å². The Kier molecular flexibility index (Phi) is 5.68. The van der Waals surface area contributed by atoms with Crippen LogP contribution in [0.5, 0.6) is 5.75 Å². The number of rotatable bonds is 4. The second-order valence-corrected chi connectivity index (χ2v) is 8.87. The van der Waals surface area contributed by atoms with E-state index in [-0.39, 0.29) is 23.6 Å². The van der Waals surface area contributed by atoms with Crippen LogP contribution in [0.15, 0.2) is 47.6 Å². The molecule has 2 aromatic carbocycles. The minimum Gasteiger partial charge on any atom is -0.492 e. The summed E-state index contributed by atoms with van der Waals surface area (Å²) < 4.78 is 5.83. The molecule has 2 heterocycles. The first-order chi connectivity index (χ1) is 15.3. The summed E-state index contributed by atoms with van der Waals surface area (Å²) in [7, 11) is 0. The van der Waals surface area contributed by atoms with E-state index in [0.717, 1.165) is 28.6 Å². The Hall–Kier alpha value is -3.33. The molecule has 0 aromatic heterocycles. The van der Waals surface area contributed by atoms with Crippen molar-refractivity contribution < 1.29 is 19.1 Å². The molecule has 3 amide bonds. The Balaban J connectivity index is 1.72. The fraction of sp³-hybridized carbons (Fsp3) is 0.304. The summed E-state index contributed by atoms with van der Waals surface area (Å²) in [6.07, 6.45) is 0. The molecule has 1 spiro atoms. The molecule has 1 N–H and O–H groups in total. The number of ether oxygens (including phenoxy) is 1. The molecule has 0 aliphatic carbocycles. The lowest BCUT2D eigenvalue weighted by atomic mass is 10.00. The number of thioether (sulfide) groups is 1. The van der Waals surface area contributed by atoms with Gasteiger partial charge in [-0.05, 0) is 48.9 Å². The number of amidine groups is 1. The van der Waals surface area contributed by atoms with Crippen molar-refractivity contribution in [1.82, 2.24) is 10.3 Å². The number of aryl methyl sites for hydroxylation is 1. The van der Waals surface area contributed by atoms with E-state index in [1.54, 1.807) is 4.90 Å². The van der Waals surface area contributed by atoms with Gasteiger partial charge in [-0.1, -0.05) is 30.3 Å². The number of anilines is 1. The molecule has 2 aliphatic rings. The zero-order valence-corrected chi connectivity index (χ0v) is 19.2. The van der Waals surface area contributed by atoms with Crippen molar-refractivity contribution in [2.24, 2.45) is 5.10 Å². The number of para-hydroxylation sites is 1. The maximum Gasteiger partial charge on any atom is 0.270 e. The lowest BCUT2D eigenvalue weighted by Gasteiger charge is -2.29. The summed E-state index contributed by atoms with van der Waals surface area (Å²) in [4.78, 5) is 38.3. The van der Waals surface area contributed by atoms with Gasteiger partial charge in [0.1, 0.15) is 12.4 Å². The summed E-state index contributed by atoms with van der Waals surface area (Å²) in [5.41, 5.74) is 3.41. The largest absolute Gasteiger partial charge is 0.492 e. The molecule has 0 fully saturated rings. The van der Waals surface area contributed by atoms with Crippen LogP contribution >= 0.6 is 11.8 Å². The molecule has 1 atom stereocenters. The predicted molar refractivity (Wildman–Crippen MR) is 123 cm³/mol. The zero-order chi connectivity index (χ0) is 23.0. The third-order valence-corrected chi connectivity index (χ3v) is 6.75. The fourth-order valence-corrected chi connectivity index (χ4v) is 5.29. The summed E-state index contributed by atoms with van der Waals surface area (Å²) in [6, 6.07) is 13.2. The van der Waals surface area contributed by atoms with Crippen LogP contribution in [0, 0.1) is 13.8 Å². The number of hydrogen-bond acceptors (Lipinski definition) is 6. The van der Waals surface area contributed by atoms with Crippen LogP contribution in [0.1, 0.15) is 30.5 Å². The van der Waals surface area contributed by atoms with Crippen molar-refractivity contribution >= 4 is 40.3 Å². The molecule has 2 aliphatic heterocycles.